The number of amides is 2. The molecule has 2 rings (SSSR count). The first kappa shape index (κ1) is 17.7. The lowest BCUT2D eigenvalue weighted by molar-refractivity contribution is -0.119. The van der Waals surface area contributed by atoms with E-state index in [9.17, 15) is 18.0 Å². The van der Waals surface area contributed by atoms with E-state index >= 15 is 0 Å². The smallest absolute Gasteiger partial charge is 0.269 e. The third-order valence-electron chi connectivity index (χ3n) is 3.14. The summed E-state index contributed by atoms with van der Waals surface area (Å²) in [5.41, 5.74) is 4.37. The van der Waals surface area contributed by atoms with Crippen LogP contribution in [0.3, 0.4) is 0 Å². The SMILES string of the molecule is O=C(CCl)NNC(=O)c1cccc(S(=O)(=O)N2CCOCC2)c1. The Morgan fingerprint density at radius 2 is 1.91 bits per heavy atom. The summed E-state index contributed by atoms with van der Waals surface area (Å²) in [6.07, 6.45) is 0. The number of halogens is 1. The fourth-order valence-corrected chi connectivity index (χ4v) is 3.49. The zero-order chi connectivity index (χ0) is 16.9. The summed E-state index contributed by atoms with van der Waals surface area (Å²) in [4.78, 5) is 22.9. The van der Waals surface area contributed by atoms with E-state index in [0.717, 1.165) is 0 Å². The summed E-state index contributed by atoms with van der Waals surface area (Å²) in [5.74, 6) is -1.51. The first-order chi connectivity index (χ1) is 10.9. The molecule has 1 saturated heterocycles. The van der Waals surface area contributed by atoms with Gasteiger partial charge in [0.25, 0.3) is 11.8 Å². The molecule has 0 aliphatic carbocycles. The topological polar surface area (TPSA) is 105 Å². The molecule has 8 nitrogen and oxygen atoms in total. The number of carbonyl (C=O) groups excluding carboxylic acids is 2. The molecule has 0 atom stereocenters. The second-order valence-corrected chi connectivity index (χ2v) is 6.89. The summed E-state index contributed by atoms with van der Waals surface area (Å²) >= 11 is 5.29. The zero-order valence-corrected chi connectivity index (χ0v) is 13.7. The van der Waals surface area contributed by atoms with Gasteiger partial charge in [0.05, 0.1) is 18.1 Å². The molecule has 1 aromatic carbocycles. The zero-order valence-electron chi connectivity index (χ0n) is 12.1. The Hall–Kier alpha value is -1.68. The van der Waals surface area contributed by atoms with E-state index in [1.165, 1.54) is 28.6 Å². The number of ether oxygens (including phenoxy) is 1. The van der Waals surface area contributed by atoms with Crippen LogP contribution in [0.1, 0.15) is 10.4 Å². The quantitative estimate of drug-likeness (QED) is 0.566. The van der Waals surface area contributed by atoms with Crippen LogP contribution >= 0.6 is 11.6 Å². The van der Waals surface area contributed by atoms with Crippen molar-refractivity contribution in [2.75, 3.05) is 32.2 Å². The van der Waals surface area contributed by atoms with Gasteiger partial charge >= 0.3 is 0 Å². The van der Waals surface area contributed by atoms with Crippen LogP contribution in [-0.2, 0) is 19.6 Å². The highest BCUT2D eigenvalue weighted by molar-refractivity contribution is 7.89. The molecule has 0 aromatic heterocycles. The number of hydrogen-bond donors (Lipinski definition) is 2. The minimum atomic E-state index is -3.69. The van der Waals surface area contributed by atoms with Crippen LogP contribution in [0.2, 0.25) is 0 Å². The van der Waals surface area contributed by atoms with Crippen LogP contribution in [0.5, 0.6) is 0 Å². The van der Waals surface area contributed by atoms with Crippen molar-refractivity contribution >= 4 is 33.4 Å². The van der Waals surface area contributed by atoms with Gasteiger partial charge < -0.3 is 4.74 Å². The van der Waals surface area contributed by atoms with Crippen LogP contribution in [0, 0.1) is 0 Å². The van der Waals surface area contributed by atoms with Gasteiger partial charge in [0.2, 0.25) is 10.0 Å². The standard InChI is InChI=1S/C13H16ClN3O5S/c14-9-12(18)15-16-13(19)10-2-1-3-11(8-10)23(20,21)17-4-6-22-7-5-17/h1-3,8H,4-7,9H2,(H,15,18)(H,16,19). The molecule has 0 bridgehead atoms. The number of hydrogen-bond acceptors (Lipinski definition) is 5. The van der Waals surface area contributed by atoms with E-state index in [1.807, 2.05) is 0 Å². The van der Waals surface area contributed by atoms with Crippen molar-refractivity contribution in [3.8, 4) is 0 Å². The monoisotopic (exact) mass is 361 g/mol. The molecule has 0 unspecified atom stereocenters. The van der Waals surface area contributed by atoms with Crippen molar-refractivity contribution in [1.82, 2.24) is 15.2 Å². The van der Waals surface area contributed by atoms with Crippen molar-refractivity contribution in [2.45, 2.75) is 4.90 Å². The number of morpholine rings is 1. The lowest BCUT2D eigenvalue weighted by atomic mass is 10.2. The maximum absolute atomic E-state index is 12.5. The van der Waals surface area contributed by atoms with Gasteiger partial charge in [-0.15, -0.1) is 11.6 Å². The Kier molecular flexibility index (Phi) is 5.94. The van der Waals surface area contributed by atoms with E-state index in [2.05, 4.69) is 10.9 Å². The fraction of sp³-hybridized carbons (Fsp3) is 0.385. The predicted octanol–water partition coefficient (Wildman–Crippen LogP) is -0.293. The molecule has 1 aliphatic rings. The Morgan fingerprint density at radius 3 is 2.57 bits per heavy atom. The normalized spacial score (nSPS) is 15.9. The molecule has 0 radical (unpaired) electrons. The summed E-state index contributed by atoms with van der Waals surface area (Å²) in [6, 6.07) is 5.58. The minimum absolute atomic E-state index is 0.00993. The van der Waals surface area contributed by atoms with Crippen LogP contribution in [0.25, 0.3) is 0 Å². The summed E-state index contributed by atoms with van der Waals surface area (Å²) < 4.78 is 31.5. The number of carbonyl (C=O) groups is 2. The number of nitrogens with zero attached hydrogens (tertiary/aromatic N) is 1. The number of rotatable bonds is 4. The third kappa shape index (κ3) is 4.41. The van der Waals surface area contributed by atoms with Gasteiger partial charge in [0, 0.05) is 18.7 Å². The van der Waals surface area contributed by atoms with Crippen LogP contribution in [0.15, 0.2) is 29.2 Å². The number of benzene rings is 1. The van der Waals surface area contributed by atoms with Gasteiger partial charge in [-0.05, 0) is 18.2 Å². The number of nitrogens with one attached hydrogen (secondary N) is 2. The highest BCUT2D eigenvalue weighted by Crippen LogP contribution is 2.18. The molecular weight excluding hydrogens is 346 g/mol. The average Bonchev–Trinajstić information content (AvgIpc) is 2.60. The van der Waals surface area contributed by atoms with Crippen molar-refractivity contribution in [3.05, 3.63) is 29.8 Å². The van der Waals surface area contributed by atoms with Gasteiger partial charge in [-0.25, -0.2) is 8.42 Å². The molecule has 1 aliphatic heterocycles. The Balaban J connectivity index is 2.15. The molecule has 23 heavy (non-hydrogen) atoms. The Bertz CT molecular complexity index is 689. The molecule has 10 heteroatoms. The lowest BCUT2D eigenvalue weighted by Crippen LogP contribution is -2.42. The number of sulfonamides is 1. The van der Waals surface area contributed by atoms with E-state index < -0.39 is 21.8 Å². The maximum atomic E-state index is 12.5. The van der Waals surface area contributed by atoms with Crippen molar-refractivity contribution in [3.63, 3.8) is 0 Å². The Morgan fingerprint density at radius 1 is 1.22 bits per heavy atom. The fourth-order valence-electron chi connectivity index (χ4n) is 1.97. The molecule has 2 amide bonds. The van der Waals surface area contributed by atoms with Gasteiger partial charge in [0.15, 0.2) is 0 Å². The van der Waals surface area contributed by atoms with Crippen molar-refractivity contribution in [1.29, 1.82) is 0 Å². The average molecular weight is 362 g/mol. The number of hydrazine groups is 1. The van der Waals surface area contributed by atoms with E-state index in [4.69, 9.17) is 16.3 Å². The van der Waals surface area contributed by atoms with Crippen molar-refractivity contribution < 1.29 is 22.7 Å². The molecular formula is C13H16ClN3O5S. The molecule has 1 heterocycles. The van der Waals surface area contributed by atoms with Gasteiger partial charge in [0.1, 0.15) is 5.88 Å². The van der Waals surface area contributed by atoms with Gasteiger partial charge in [-0.3, -0.25) is 20.4 Å². The molecule has 0 saturated carbocycles. The summed E-state index contributed by atoms with van der Waals surface area (Å²) in [5, 5.41) is 0. The maximum Gasteiger partial charge on any atom is 0.269 e. The van der Waals surface area contributed by atoms with Gasteiger partial charge in [-0.2, -0.15) is 4.31 Å². The highest BCUT2D eigenvalue weighted by atomic mass is 35.5. The molecule has 1 aromatic rings. The van der Waals surface area contributed by atoms with Crippen LogP contribution in [0.4, 0.5) is 0 Å². The first-order valence-corrected chi connectivity index (χ1v) is 8.75. The van der Waals surface area contributed by atoms with Gasteiger partial charge in [-0.1, -0.05) is 6.07 Å². The Labute approximate surface area is 138 Å². The first-order valence-electron chi connectivity index (χ1n) is 6.78. The second-order valence-electron chi connectivity index (χ2n) is 4.68. The molecule has 126 valence electrons. The summed E-state index contributed by atoms with van der Waals surface area (Å²) in [7, 11) is -3.69. The second kappa shape index (κ2) is 7.73. The molecule has 2 N–H and O–H groups in total. The third-order valence-corrected chi connectivity index (χ3v) is 5.28. The molecule has 1 fully saturated rings. The predicted molar refractivity (Wildman–Crippen MR) is 82.3 cm³/mol. The van der Waals surface area contributed by atoms with Crippen LogP contribution in [-0.4, -0.2) is 56.7 Å². The van der Waals surface area contributed by atoms with E-state index in [-0.39, 0.29) is 29.4 Å². The summed E-state index contributed by atoms with van der Waals surface area (Å²) in [6.45, 7) is 1.21. The van der Waals surface area contributed by atoms with E-state index in [1.54, 1.807) is 0 Å². The lowest BCUT2D eigenvalue weighted by Gasteiger charge is -2.26. The van der Waals surface area contributed by atoms with Crippen molar-refractivity contribution in [2.24, 2.45) is 0 Å². The number of alkyl halides is 1. The highest BCUT2D eigenvalue weighted by Gasteiger charge is 2.26. The largest absolute Gasteiger partial charge is 0.379 e. The van der Waals surface area contributed by atoms with E-state index in [0.29, 0.717) is 13.2 Å². The van der Waals surface area contributed by atoms with Crippen LogP contribution < -0.4 is 10.9 Å². The molecule has 0 spiro atoms. The minimum Gasteiger partial charge on any atom is -0.379 e.